The van der Waals surface area contributed by atoms with Gasteiger partial charge < -0.3 is 10.3 Å². The molecule has 7 heteroatoms. The van der Waals surface area contributed by atoms with Crippen LogP contribution in [0.3, 0.4) is 0 Å². The molecule has 2 unspecified atom stereocenters. The number of carbonyl (C=O) groups is 1. The lowest BCUT2D eigenvalue weighted by Gasteiger charge is -2.18. The molecule has 1 amide bonds. The van der Waals surface area contributed by atoms with Crippen molar-refractivity contribution in [1.29, 1.82) is 0 Å². The van der Waals surface area contributed by atoms with Gasteiger partial charge in [-0.25, -0.2) is 4.98 Å². The van der Waals surface area contributed by atoms with E-state index in [4.69, 9.17) is 0 Å². The predicted octanol–water partition coefficient (Wildman–Crippen LogP) is 5.30. The number of aryl methyl sites for hydroxylation is 2. The number of aromatic amines is 1. The first-order valence-corrected chi connectivity index (χ1v) is 12.5. The molecule has 166 valence electrons. The first-order chi connectivity index (χ1) is 14.7. The Labute approximate surface area is 192 Å². The van der Waals surface area contributed by atoms with Crippen molar-refractivity contribution in [2.75, 3.05) is 0 Å². The molecule has 3 aromatic rings. The Hall–Kier alpha value is -2.12. The summed E-state index contributed by atoms with van der Waals surface area (Å²) in [4.78, 5) is 34.4. The molecular formula is C24H31N3O2S2. The summed E-state index contributed by atoms with van der Waals surface area (Å²) in [6.45, 7) is 12.3. The van der Waals surface area contributed by atoms with Crippen LogP contribution in [-0.4, -0.2) is 21.1 Å². The Morgan fingerprint density at radius 3 is 2.48 bits per heavy atom. The van der Waals surface area contributed by atoms with E-state index in [1.807, 2.05) is 27.7 Å². The molecule has 0 radical (unpaired) electrons. The molecule has 0 aliphatic rings. The van der Waals surface area contributed by atoms with Crippen LogP contribution in [0.15, 0.2) is 29.1 Å². The zero-order chi connectivity index (χ0) is 22.7. The van der Waals surface area contributed by atoms with Crippen molar-refractivity contribution in [3.05, 3.63) is 62.0 Å². The van der Waals surface area contributed by atoms with Crippen LogP contribution in [0.1, 0.15) is 61.1 Å². The molecule has 2 aromatic heterocycles. The summed E-state index contributed by atoms with van der Waals surface area (Å²) >= 11 is 3.01. The summed E-state index contributed by atoms with van der Waals surface area (Å²) in [6.07, 6.45) is 1.06. The fraction of sp³-hybridized carbons (Fsp3) is 0.458. The van der Waals surface area contributed by atoms with Gasteiger partial charge in [0.05, 0.1) is 22.4 Å². The van der Waals surface area contributed by atoms with Crippen molar-refractivity contribution in [1.82, 2.24) is 15.3 Å². The van der Waals surface area contributed by atoms with E-state index < -0.39 is 0 Å². The number of carbonyl (C=O) groups excluding carboxylic acids is 1. The first-order valence-electron chi connectivity index (χ1n) is 10.7. The SMILES string of the molecule is Cc1sc2nc(CSC(C)C(=O)NC(C)c3ccc(CC(C)C)cc3)[nH]c(=O)c2c1C. The Balaban J connectivity index is 1.58. The van der Waals surface area contributed by atoms with Gasteiger partial charge >= 0.3 is 0 Å². The van der Waals surface area contributed by atoms with E-state index in [1.165, 1.54) is 28.7 Å². The molecule has 0 aliphatic heterocycles. The number of rotatable bonds is 8. The van der Waals surface area contributed by atoms with Crippen molar-refractivity contribution in [3.63, 3.8) is 0 Å². The number of aromatic nitrogens is 2. The maximum Gasteiger partial charge on any atom is 0.259 e. The van der Waals surface area contributed by atoms with Crippen LogP contribution >= 0.6 is 23.1 Å². The molecule has 0 saturated carbocycles. The van der Waals surface area contributed by atoms with E-state index >= 15 is 0 Å². The van der Waals surface area contributed by atoms with E-state index in [2.05, 4.69) is 53.4 Å². The Morgan fingerprint density at radius 2 is 1.84 bits per heavy atom. The molecule has 0 aliphatic carbocycles. The third kappa shape index (κ3) is 5.77. The maximum atomic E-state index is 12.7. The molecule has 0 bridgehead atoms. The zero-order valence-electron chi connectivity index (χ0n) is 19.0. The zero-order valence-corrected chi connectivity index (χ0v) is 20.7. The average Bonchev–Trinajstić information content (AvgIpc) is 3.00. The lowest BCUT2D eigenvalue weighted by atomic mass is 10.00. The number of nitrogens with one attached hydrogen (secondary N) is 2. The molecule has 31 heavy (non-hydrogen) atoms. The van der Waals surface area contributed by atoms with Gasteiger partial charge in [-0.1, -0.05) is 38.1 Å². The Kier molecular flexibility index (Phi) is 7.59. The predicted molar refractivity (Wildman–Crippen MR) is 132 cm³/mol. The monoisotopic (exact) mass is 457 g/mol. The highest BCUT2D eigenvalue weighted by molar-refractivity contribution is 7.99. The molecule has 3 rings (SSSR count). The van der Waals surface area contributed by atoms with Gasteiger partial charge in [-0.15, -0.1) is 23.1 Å². The van der Waals surface area contributed by atoms with Gasteiger partial charge in [-0.05, 0) is 56.7 Å². The number of thiophene rings is 1. The molecule has 2 N–H and O–H groups in total. The number of amides is 1. The van der Waals surface area contributed by atoms with Crippen LogP contribution in [-0.2, 0) is 17.0 Å². The second-order valence-electron chi connectivity index (χ2n) is 8.50. The fourth-order valence-corrected chi connectivity index (χ4v) is 5.29. The molecular weight excluding hydrogens is 426 g/mol. The molecule has 0 fully saturated rings. The number of hydrogen-bond donors (Lipinski definition) is 2. The van der Waals surface area contributed by atoms with Crippen LogP contribution in [0, 0.1) is 19.8 Å². The lowest BCUT2D eigenvalue weighted by Crippen LogP contribution is -2.33. The van der Waals surface area contributed by atoms with Gasteiger partial charge in [-0.3, -0.25) is 9.59 Å². The summed E-state index contributed by atoms with van der Waals surface area (Å²) in [7, 11) is 0. The molecule has 2 atom stereocenters. The number of benzene rings is 1. The van der Waals surface area contributed by atoms with Crippen molar-refractivity contribution >= 4 is 39.2 Å². The van der Waals surface area contributed by atoms with Gasteiger partial charge in [0.1, 0.15) is 10.7 Å². The highest BCUT2D eigenvalue weighted by atomic mass is 32.2. The van der Waals surface area contributed by atoms with E-state index in [0.717, 1.165) is 27.3 Å². The Bertz CT molecular complexity index is 1120. The standard InChI is InChI=1S/C24H31N3O2S2/c1-13(2)11-18-7-9-19(10-8-18)15(4)25-22(28)17(6)30-12-20-26-23(29)21-14(3)16(5)31-24(21)27-20/h7-10,13,15,17H,11-12H2,1-6H3,(H,25,28)(H,26,27,29). The minimum absolute atomic E-state index is 0.0185. The lowest BCUT2D eigenvalue weighted by molar-refractivity contribution is -0.120. The van der Waals surface area contributed by atoms with E-state index in [9.17, 15) is 9.59 Å². The minimum atomic E-state index is -0.254. The van der Waals surface area contributed by atoms with Crippen LogP contribution < -0.4 is 10.9 Å². The quantitative estimate of drug-likeness (QED) is 0.481. The number of nitrogens with zero attached hydrogens (tertiary/aromatic N) is 1. The number of thioether (sulfide) groups is 1. The van der Waals surface area contributed by atoms with Gasteiger partial charge in [0.15, 0.2) is 0 Å². The number of H-pyrrole nitrogens is 1. The van der Waals surface area contributed by atoms with Crippen molar-refractivity contribution in [2.24, 2.45) is 5.92 Å². The summed E-state index contributed by atoms with van der Waals surface area (Å²) < 4.78 is 0. The average molecular weight is 458 g/mol. The van der Waals surface area contributed by atoms with Crippen LogP contribution in [0.5, 0.6) is 0 Å². The molecule has 5 nitrogen and oxygen atoms in total. The topological polar surface area (TPSA) is 74.8 Å². The van der Waals surface area contributed by atoms with E-state index in [-0.39, 0.29) is 22.8 Å². The fourth-order valence-electron chi connectivity index (χ4n) is 3.48. The third-order valence-corrected chi connectivity index (χ3v) is 7.67. The largest absolute Gasteiger partial charge is 0.349 e. The van der Waals surface area contributed by atoms with Crippen LogP contribution in [0.4, 0.5) is 0 Å². The molecule has 1 aromatic carbocycles. The Morgan fingerprint density at radius 1 is 1.16 bits per heavy atom. The van der Waals surface area contributed by atoms with Crippen LogP contribution in [0.25, 0.3) is 10.2 Å². The number of hydrogen-bond acceptors (Lipinski definition) is 5. The van der Waals surface area contributed by atoms with Crippen LogP contribution in [0.2, 0.25) is 0 Å². The van der Waals surface area contributed by atoms with Gasteiger partial charge in [0, 0.05) is 4.88 Å². The summed E-state index contributed by atoms with van der Waals surface area (Å²) in [6, 6.07) is 8.41. The van der Waals surface area contributed by atoms with Gasteiger partial charge in [0.25, 0.3) is 5.56 Å². The van der Waals surface area contributed by atoms with E-state index in [1.54, 1.807) is 0 Å². The van der Waals surface area contributed by atoms with Crippen molar-refractivity contribution in [3.8, 4) is 0 Å². The van der Waals surface area contributed by atoms with Gasteiger partial charge in [0.2, 0.25) is 5.91 Å². The maximum absolute atomic E-state index is 12.7. The van der Waals surface area contributed by atoms with Crippen molar-refractivity contribution in [2.45, 2.75) is 65.0 Å². The second kappa shape index (κ2) is 10.0. The summed E-state index contributed by atoms with van der Waals surface area (Å²) in [5.41, 5.74) is 3.30. The smallest absolute Gasteiger partial charge is 0.259 e. The molecule has 2 heterocycles. The normalized spacial score (nSPS) is 13.5. The second-order valence-corrected chi connectivity index (χ2v) is 11.0. The summed E-state index contributed by atoms with van der Waals surface area (Å²) in [5, 5.41) is 3.52. The highest BCUT2D eigenvalue weighted by Crippen LogP contribution is 2.26. The van der Waals surface area contributed by atoms with Crippen molar-refractivity contribution < 1.29 is 4.79 Å². The van der Waals surface area contributed by atoms with Gasteiger partial charge in [-0.2, -0.15) is 0 Å². The summed E-state index contributed by atoms with van der Waals surface area (Å²) in [5.74, 6) is 1.69. The third-order valence-electron chi connectivity index (χ3n) is 5.41. The first kappa shape index (κ1) is 23.5. The number of fused-ring (bicyclic) bond motifs is 1. The van der Waals surface area contributed by atoms with E-state index in [0.29, 0.717) is 22.9 Å². The minimum Gasteiger partial charge on any atom is -0.349 e. The molecule has 0 saturated heterocycles. The molecule has 0 spiro atoms. The highest BCUT2D eigenvalue weighted by Gasteiger charge is 2.18.